The van der Waals surface area contributed by atoms with Crippen LogP contribution in [0.15, 0.2) is 52.1 Å². The third kappa shape index (κ3) is 3.72. The Morgan fingerprint density at radius 3 is 2.69 bits per heavy atom. The maximum Gasteiger partial charge on any atom is 0.296 e. The quantitative estimate of drug-likeness (QED) is 0.547. The van der Waals surface area contributed by atoms with E-state index in [4.69, 9.17) is 4.74 Å². The SMILES string of the molecule is COc1cc(/C=c2/sc3nc(=O)c(Cc4ccc(F)cc4)nn3c2=O)ccc1O. The molecule has 4 aromatic rings. The van der Waals surface area contributed by atoms with E-state index in [-0.39, 0.29) is 34.4 Å². The van der Waals surface area contributed by atoms with Crippen LogP contribution in [0.1, 0.15) is 16.8 Å². The highest BCUT2D eigenvalue weighted by Crippen LogP contribution is 2.26. The first-order chi connectivity index (χ1) is 13.9. The van der Waals surface area contributed by atoms with Crippen LogP contribution in [0.2, 0.25) is 0 Å². The number of nitrogens with zero attached hydrogens (tertiary/aromatic N) is 3. The fourth-order valence-electron chi connectivity index (χ4n) is 2.78. The molecule has 7 nitrogen and oxygen atoms in total. The van der Waals surface area contributed by atoms with E-state index in [2.05, 4.69) is 10.1 Å². The van der Waals surface area contributed by atoms with Crippen LogP contribution in [-0.2, 0) is 6.42 Å². The van der Waals surface area contributed by atoms with Crippen LogP contribution >= 0.6 is 11.3 Å². The van der Waals surface area contributed by atoms with Gasteiger partial charge in [0.05, 0.1) is 11.6 Å². The van der Waals surface area contributed by atoms with Crippen LogP contribution in [-0.4, -0.2) is 26.8 Å². The Morgan fingerprint density at radius 2 is 1.97 bits per heavy atom. The summed E-state index contributed by atoms with van der Waals surface area (Å²) in [5, 5.41) is 13.9. The third-order valence-electron chi connectivity index (χ3n) is 4.24. The zero-order chi connectivity index (χ0) is 20.5. The summed E-state index contributed by atoms with van der Waals surface area (Å²) in [6.07, 6.45) is 1.74. The summed E-state index contributed by atoms with van der Waals surface area (Å²) < 4.78 is 19.5. The Kier molecular flexibility index (Phi) is 4.81. The van der Waals surface area contributed by atoms with Gasteiger partial charge in [-0.25, -0.2) is 4.39 Å². The first kappa shape index (κ1) is 18.8. The molecule has 1 N–H and O–H groups in total. The Labute approximate surface area is 167 Å². The first-order valence-electron chi connectivity index (χ1n) is 8.50. The summed E-state index contributed by atoms with van der Waals surface area (Å²) in [6.45, 7) is 0. The number of phenolic OH excluding ortho intramolecular Hbond substituents is 1. The summed E-state index contributed by atoms with van der Waals surface area (Å²) in [6, 6.07) is 10.4. The predicted molar refractivity (Wildman–Crippen MR) is 106 cm³/mol. The highest BCUT2D eigenvalue weighted by molar-refractivity contribution is 7.15. The molecule has 0 unspecified atom stereocenters. The predicted octanol–water partition coefficient (Wildman–Crippen LogP) is 1.50. The molecular weight excluding hydrogens is 397 g/mol. The molecule has 0 aliphatic carbocycles. The molecule has 4 rings (SSSR count). The number of ether oxygens (including phenoxy) is 1. The Balaban J connectivity index is 1.78. The van der Waals surface area contributed by atoms with Gasteiger partial charge < -0.3 is 9.84 Å². The van der Waals surface area contributed by atoms with Crippen molar-refractivity contribution in [2.75, 3.05) is 7.11 Å². The van der Waals surface area contributed by atoms with Gasteiger partial charge in [-0.15, -0.1) is 0 Å². The van der Waals surface area contributed by atoms with E-state index in [1.54, 1.807) is 30.3 Å². The molecule has 2 heterocycles. The number of benzene rings is 2. The fraction of sp³-hybridized carbons (Fsp3) is 0.100. The number of fused-ring (bicyclic) bond motifs is 1. The molecule has 29 heavy (non-hydrogen) atoms. The van der Waals surface area contributed by atoms with Crippen LogP contribution in [0.4, 0.5) is 4.39 Å². The van der Waals surface area contributed by atoms with Crippen molar-refractivity contribution in [1.29, 1.82) is 0 Å². The topological polar surface area (TPSA) is 93.8 Å². The van der Waals surface area contributed by atoms with Crippen molar-refractivity contribution in [3.63, 3.8) is 0 Å². The van der Waals surface area contributed by atoms with Gasteiger partial charge in [0, 0.05) is 6.42 Å². The van der Waals surface area contributed by atoms with Gasteiger partial charge >= 0.3 is 0 Å². The number of aromatic hydroxyl groups is 1. The third-order valence-corrected chi connectivity index (χ3v) is 5.20. The maximum atomic E-state index is 13.1. The second kappa shape index (κ2) is 7.44. The van der Waals surface area contributed by atoms with Gasteiger partial charge in [-0.3, -0.25) is 9.59 Å². The van der Waals surface area contributed by atoms with E-state index in [0.717, 1.165) is 15.9 Å². The summed E-state index contributed by atoms with van der Waals surface area (Å²) in [4.78, 5) is 29.2. The molecule has 0 spiro atoms. The Morgan fingerprint density at radius 1 is 1.21 bits per heavy atom. The van der Waals surface area contributed by atoms with Gasteiger partial charge in [-0.1, -0.05) is 29.5 Å². The lowest BCUT2D eigenvalue weighted by atomic mass is 10.1. The van der Waals surface area contributed by atoms with Crippen molar-refractivity contribution < 1.29 is 14.2 Å². The van der Waals surface area contributed by atoms with E-state index in [1.165, 1.54) is 25.3 Å². The number of rotatable bonds is 4. The van der Waals surface area contributed by atoms with Crippen LogP contribution < -0.4 is 20.4 Å². The van der Waals surface area contributed by atoms with Gasteiger partial charge in [0.2, 0.25) is 4.96 Å². The van der Waals surface area contributed by atoms with Crippen molar-refractivity contribution in [1.82, 2.24) is 14.6 Å². The van der Waals surface area contributed by atoms with E-state index in [1.807, 2.05) is 0 Å². The molecule has 0 aliphatic heterocycles. The van der Waals surface area contributed by atoms with Crippen LogP contribution in [0.3, 0.4) is 0 Å². The number of halogens is 1. The van der Waals surface area contributed by atoms with E-state index in [9.17, 15) is 19.1 Å². The summed E-state index contributed by atoms with van der Waals surface area (Å²) in [7, 11) is 1.43. The molecule has 0 aliphatic rings. The lowest BCUT2D eigenvalue weighted by Gasteiger charge is -2.03. The molecule has 2 aromatic heterocycles. The van der Waals surface area contributed by atoms with E-state index < -0.39 is 11.1 Å². The number of phenols is 1. The van der Waals surface area contributed by atoms with Gasteiger partial charge in [0.15, 0.2) is 11.5 Å². The van der Waals surface area contributed by atoms with Gasteiger partial charge in [-0.05, 0) is 41.5 Å². The highest BCUT2D eigenvalue weighted by atomic mass is 32.1. The Hall–Kier alpha value is -3.59. The summed E-state index contributed by atoms with van der Waals surface area (Å²) in [5.41, 5.74) is 0.473. The lowest BCUT2D eigenvalue weighted by Crippen LogP contribution is -2.28. The number of methoxy groups -OCH3 is 1. The minimum absolute atomic E-state index is 0.0116. The second-order valence-electron chi connectivity index (χ2n) is 6.21. The van der Waals surface area contributed by atoms with Gasteiger partial charge in [0.25, 0.3) is 11.1 Å². The summed E-state index contributed by atoms with van der Waals surface area (Å²) >= 11 is 1.04. The van der Waals surface area contributed by atoms with Crippen LogP contribution in [0, 0.1) is 5.82 Å². The largest absolute Gasteiger partial charge is 0.504 e. The van der Waals surface area contributed by atoms with Crippen LogP contribution in [0.25, 0.3) is 11.0 Å². The van der Waals surface area contributed by atoms with Crippen molar-refractivity contribution in [3.05, 3.63) is 90.3 Å². The molecule has 0 saturated carbocycles. The monoisotopic (exact) mass is 411 g/mol. The molecule has 0 fully saturated rings. The Bertz CT molecular complexity index is 1380. The molecule has 0 atom stereocenters. The number of aromatic nitrogens is 3. The molecule has 0 amide bonds. The molecule has 0 bridgehead atoms. The lowest BCUT2D eigenvalue weighted by molar-refractivity contribution is 0.373. The zero-order valence-electron chi connectivity index (χ0n) is 15.1. The molecule has 0 saturated heterocycles. The molecule has 0 radical (unpaired) electrons. The molecule has 2 aromatic carbocycles. The highest BCUT2D eigenvalue weighted by Gasteiger charge is 2.12. The smallest absolute Gasteiger partial charge is 0.296 e. The molecule has 146 valence electrons. The van der Waals surface area contributed by atoms with Crippen molar-refractivity contribution in [3.8, 4) is 11.5 Å². The zero-order valence-corrected chi connectivity index (χ0v) is 15.9. The maximum absolute atomic E-state index is 13.1. The molecule has 9 heteroatoms. The van der Waals surface area contributed by atoms with Gasteiger partial charge in [-0.2, -0.15) is 14.6 Å². The van der Waals surface area contributed by atoms with Crippen LogP contribution in [0.5, 0.6) is 11.5 Å². The molecular formula is C20H14FN3O4S. The first-order valence-corrected chi connectivity index (χ1v) is 9.32. The number of hydrogen-bond donors (Lipinski definition) is 1. The average molecular weight is 411 g/mol. The average Bonchev–Trinajstić information content (AvgIpc) is 3.00. The normalized spacial score (nSPS) is 11.9. The van der Waals surface area contributed by atoms with E-state index >= 15 is 0 Å². The second-order valence-corrected chi connectivity index (χ2v) is 7.22. The van der Waals surface area contributed by atoms with Gasteiger partial charge in [0.1, 0.15) is 11.5 Å². The fourth-order valence-corrected chi connectivity index (χ4v) is 3.69. The van der Waals surface area contributed by atoms with E-state index in [0.29, 0.717) is 15.7 Å². The minimum Gasteiger partial charge on any atom is -0.504 e. The van der Waals surface area contributed by atoms with Crippen molar-refractivity contribution in [2.24, 2.45) is 0 Å². The van der Waals surface area contributed by atoms with Crippen molar-refractivity contribution in [2.45, 2.75) is 6.42 Å². The minimum atomic E-state index is -0.534. The van der Waals surface area contributed by atoms with Crippen molar-refractivity contribution >= 4 is 22.4 Å². The summed E-state index contributed by atoms with van der Waals surface area (Å²) in [5.74, 6) is -0.111. The standard InChI is InChI=1S/C20H14FN3O4S/c1-28-16-9-12(4-7-15(16)25)10-17-19(27)24-20(29-17)22-18(26)14(23-24)8-11-2-5-13(21)6-3-11/h2-7,9-10,25H,8H2,1H3/b17-10+. The number of thiazole rings is 1. The number of hydrogen-bond acceptors (Lipinski definition) is 7.